The van der Waals surface area contributed by atoms with E-state index in [9.17, 15) is 9.59 Å². The quantitative estimate of drug-likeness (QED) is 0.812. The molecule has 8 heteroatoms. The van der Waals surface area contributed by atoms with Crippen LogP contribution in [0.5, 0.6) is 0 Å². The van der Waals surface area contributed by atoms with Crippen molar-refractivity contribution in [3.63, 3.8) is 0 Å². The molecule has 1 atom stereocenters. The molecule has 2 N–H and O–H groups in total. The summed E-state index contributed by atoms with van der Waals surface area (Å²) in [5, 5.41) is 15.4. The third-order valence-electron chi connectivity index (χ3n) is 3.08. The zero-order chi connectivity index (χ0) is 14.7. The van der Waals surface area contributed by atoms with E-state index < -0.39 is 11.9 Å². The first kappa shape index (κ1) is 13.9. The van der Waals surface area contributed by atoms with Gasteiger partial charge in [0, 0.05) is 12.7 Å². The fourth-order valence-electron chi connectivity index (χ4n) is 1.73. The van der Waals surface area contributed by atoms with Gasteiger partial charge in [-0.1, -0.05) is 6.92 Å². The summed E-state index contributed by atoms with van der Waals surface area (Å²) >= 11 is 0. The number of carboxylic acid groups (broad SMARTS) is 1. The summed E-state index contributed by atoms with van der Waals surface area (Å²) in [6.45, 7) is 3.64. The lowest BCUT2D eigenvalue weighted by Crippen LogP contribution is -2.28. The molecule has 1 unspecified atom stereocenters. The van der Waals surface area contributed by atoms with Crippen molar-refractivity contribution in [1.29, 1.82) is 0 Å². The number of carboxylic acids is 1. The van der Waals surface area contributed by atoms with Crippen LogP contribution in [-0.2, 0) is 4.79 Å². The third-order valence-corrected chi connectivity index (χ3v) is 3.08. The first-order valence-electron chi connectivity index (χ1n) is 6.17. The molecule has 20 heavy (non-hydrogen) atoms. The van der Waals surface area contributed by atoms with Crippen LogP contribution in [0.3, 0.4) is 0 Å². The molecule has 1 amide bonds. The van der Waals surface area contributed by atoms with Crippen molar-refractivity contribution in [2.45, 2.75) is 20.3 Å². The first-order chi connectivity index (χ1) is 9.50. The summed E-state index contributed by atoms with van der Waals surface area (Å²) in [5.74, 6) is -1.24. The Balaban J connectivity index is 2.04. The predicted octanol–water partition coefficient (Wildman–Crippen LogP) is 0.273. The number of aryl methyl sites for hydroxylation is 1. The van der Waals surface area contributed by atoms with E-state index in [-0.39, 0.29) is 5.91 Å². The van der Waals surface area contributed by atoms with Gasteiger partial charge in [-0.2, -0.15) is 10.1 Å². The number of aromatic nitrogens is 4. The van der Waals surface area contributed by atoms with Crippen LogP contribution in [0.1, 0.15) is 29.4 Å². The van der Waals surface area contributed by atoms with Gasteiger partial charge in [-0.05, 0) is 13.3 Å². The van der Waals surface area contributed by atoms with Gasteiger partial charge in [0.25, 0.3) is 11.7 Å². The van der Waals surface area contributed by atoms with E-state index in [1.165, 1.54) is 17.0 Å². The zero-order valence-electron chi connectivity index (χ0n) is 11.2. The Morgan fingerprint density at radius 1 is 1.45 bits per heavy atom. The Bertz CT molecular complexity index is 652. The molecule has 0 fully saturated rings. The lowest BCUT2D eigenvalue weighted by molar-refractivity contribution is -0.141. The number of hydrogen-bond donors (Lipinski definition) is 2. The van der Waals surface area contributed by atoms with Gasteiger partial charge in [0.2, 0.25) is 0 Å². The highest BCUT2D eigenvalue weighted by molar-refractivity contribution is 5.95. The normalized spacial score (nSPS) is 12.3. The second kappa shape index (κ2) is 5.64. The van der Waals surface area contributed by atoms with Crippen LogP contribution < -0.4 is 5.32 Å². The molecule has 0 aromatic carbocycles. The van der Waals surface area contributed by atoms with Crippen molar-refractivity contribution >= 4 is 17.7 Å². The molecule has 2 aromatic rings. The SMILES string of the molecule is Cc1c(C(=O)NCCC(C)C(=O)O)cnc2ncnn12. The molecule has 0 aliphatic rings. The van der Waals surface area contributed by atoms with Crippen molar-refractivity contribution in [1.82, 2.24) is 24.9 Å². The Hall–Kier alpha value is -2.51. The zero-order valence-corrected chi connectivity index (χ0v) is 11.2. The van der Waals surface area contributed by atoms with Gasteiger partial charge < -0.3 is 10.4 Å². The molecule has 0 aliphatic heterocycles. The van der Waals surface area contributed by atoms with Crippen LogP contribution >= 0.6 is 0 Å². The minimum Gasteiger partial charge on any atom is -0.481 e. The van der Waals surface area contributed by atoms with Crippen LogP contribution in [-0.4, -0.2) is 43.1 Å². The Labute approximate surface area is 114 Å². The molecular formula is C12H15N5O3. The number of fused-ring (bicyclic) bond motifs is 1. The number of amides is 1. The smallest absolute Gasteiger partial charge is 0.306 e. The number of carbonyl (C=O) groups is 2. The molecule has 0 saturated carbocycles. The molecule has 2 rings (SSSR count). The van der Waals surface area contributed by atoms with Gasteiger partial charge in [-0.25, -0.2) is 9.50 Å². The largest absolute Gasteiger partial charge is 0.481 e. The fourth-order valence-corrected chi connectivity index (χ4v) is 1.73. The highest BCUT2D eigenvalue weighted by atomic mass is 16.4. The maximum absolute atomic E-state index is 12.0. The second-order valence-electron chi connectivity index (χ2n) is 4.51. The Kier molecular flexibility index (Phi) is 3.92. The molecule has 0 radical (unpaired) electrons. The van der Waals surface area contributed by atoms with E-state index in [1.807, 2.05) is 0 Å². The second-order valence-corrected chi connectivity index (χ2v) is 4.51. The maximum Gasteiger partial charge on any atom is 0.306 e. The van der Waals surface area contributed by atoms with Gasteiger partial charge >= 0.3 is 5.97 Å². The predicted molar refractivity (Wildman–Crippen MR) is 69.3 cm³/mol. The van der Waals surface area contributed by atoms with Crippen LogP contribution in [0, 0.1) is 12.8 Å². The monoisotopic (exact) mass is 277 g/mol. The Morgan fingerprint density at radius 2 is 2.20 bits per heavy atom. The van der Waals surface area contributed by atoms with Gasteiger partial charge in [0.1, 0.15) is 6.33 Å². The number of rotatable bonds is 5. The van der Waals surface area contributed by atoms with Crippen LogP contribution in [0.2, 0.25) is 0 Å². The highest BCUT2D eigenvalue weighted by Gasteiger charge is 2.15. The molecule has 0 spiro atoms. The highest BCUT2D eigenvalue weighted by Crippen LogP contribution is 2.07. The molecule has 2 aromatic heterocycles. The topological polar surface area (TPSA) is 109 Å². The molecular weight excluding hydrogens is 262 g/mol. The summed E-state index contributed by atoms with van der Waals surface area (Å²) in [7, 11) is 0. The Morgan fingerprint density at radius 3 is 2.90 bits per heavy atom. The van der Waals surface area contributed by atoms with Gasteiger partial charge in [-0.3, -0.25) is 9.59 Å². The standard InChI is InChI=1S/C12H15N5O3/c1-7(11(19)20)3-4-13-10(18)9-5-14-12-15-6-16-17(12)8(9)2/h5-7H,3-4H2,1-2H3,(H,13,18)(H,19,20). The lowest BCUT2D eigenvalue weighted by atomic mass is 10.1. The van der Waals surface area contributed by atoms with E-state index in [0.29, 0.717) is 30.0 Å². The van der Waals surface area contributed by atoms with Gasteiger partial charge in [0.15, 0.2) is 0 Å². The lowest BCUT2D eigenvalue weighted by Gasteiger charge is -2.09. The summed E-state index contributed by atoms with van der Waals surface area (Å²) in [4.78, 5) is 30.7. The average Bonchev–Trinajstić information content (AvgIpc) is 2.87. The number of aliphatic carboxylic acids is 1. The van der Waals surface area contributed by atoms with E-state index in [2.05, 4.69) is 20.4 Å². The summed E-state index contributed by atoms with van der Waals surface area (Å²) in [6.07, 6.45) is 3.18. The third kappa shape index (κ3) is 2.73. The summed E-state index contributed by atoms with van der Waals surface area (Å²) < 4.78 is 1.48. The molecule has 0 bridgehead atoms. The van der Waals surface area contributed by atoms with E-state index in [4.69, 9.17) is 5.11 Å². The van der Waals surface area contributed by atoms with Gasteiger partial charge in [0.05, 0.1) is 17.2 Å². The van der Waals surface area contributed by atoms with Crippen LogP contribution in [0.25, 0.3) is 5.78 Å². The number of carbonyl (C=O) groups excluding carboxylic acids is 1. The molecule has 8 nitrogen and oxygen atoms in total. The summed E-state index contributed by atoms with van der Waals surface area (Å²) in [6, 6.07) is 0. The van der Waals surface area contributed by atoms with Crippen LogP contribution in [0.4, 0.5) is 0 Å². The molecule has 0 aliphatic carbocycles. The molecule has 106 valence electrons. The number of nitrogens with one attached hydrogen (secondary N) is 1. The van der Waals surface area contributed by atoms with Crippen molar-refractivity contribution in [3.05, 3.63) is 23.8 Å². The van der Waals surface area contributed by atoms with E-state index in [1.54, 1.807) is 13.8 Å². The van der Waals surface area contributed by atoms with Crippen molar-refractivity contribution in [3.8, 4) is 0 Å². The first-order valence-corrected chi connectivity index (χ1v) is 6.17. The van der Waals surface area contributed by atoms with E-state index >= 15 is 0 Å². The number of hydrogen-bond acceptors (Lipinski definition) is 5. The summed E-state index contributed by atoms with van der Waals surface area (Å²) in [5.41, 5.74) is 1.03. The minimum atomic E-state index is -0.874. The average molecular weight is 277 g/mol. The van der Waals surface area contributed by atoms with Gasteiger partial charge in [-0.15, -0.1) is 0 Å². The maximum atomic E-state index is 12.0. The fraction of sp³-hybridized carbons (Fsp3) is 0.417. The van der Waals surface area contributed by atoms with Crippen molar-refractivity contribution in [2.75, 3.05) is 6.54 Å². The minimum absolute atomic E-state index is 0.293. The number of nitrogens with zero attached hydrogens (tertiary/aromatic N) is 4. The van der Waals surface area contributed by atoms with E-state index in [0.717, 1.165) is 0 Å². The molecule has 0 saturated heterocycles. The van der Waals surface area contributed by atoms with Crippen molar-refractivity contribution in [2.24, 2.45) is 5.92 Å². The molecule has 2 heterocycles. The van der Waals surface area contributed by atoms with Crippen LogP contribution in [0.15, 0.2) is 12.5 Å². The van der Waals surface area contributed by atoms with Crippen molar-refractivity contribution < 1.29 is 14.7 Å².